The summed E-state index contributed by atoms with van der Waals surface area (Å²) in [5, 5.41) is 4.51. The molecule has 0 amide bonds. The summed E-state index contributed by atoms with van der Waals surface area (Å²) in [5.74, 6) is 1.36. The van der Waals surface area contributed by atoms with Crippen LogP contribution in [0.3, 0.4) is 0 Å². The van der Waals surface area contributed by atoms with Crippen molar-refractivity contribution in [1.29, 1.82) is 0 Å². The molecule has 6 nitrogen and oxygen atoms in total. The molecule has 25 heavy (non-hydrogen) atoms. The first-order chi connectivity index (χ1) is 12.2. The molecule has 0 aliphatic heterocycles. The molecule has 4 aromatic rings. The van der Waals surface area contributed by atoms with Crippen molar-refractivity contribution in [2.24, 2.45) is 0 Å². The van der Waals surface area contributed by atoms with E-state index in [-0.39, 0.29) is 0 Å². The summed E-state index contributed by atoms with van der Waals surface area (Å²) in [6.45, 7) is 0. The van der Waals surface area contributed by atoms with Gasteiger partial charge in [0.05, 0.1) is 0 Å². The molecule has 0 spiro atoms. The molecule has 0 unspecified atom stereocenters. The summed E-state index contributed by atoms with van der Waals surface area (Å²) in [5.41, 5.74) is 2.74. The van der Waals surface area contributed by atoms with Crippen LogP contribution in [-0.2, 0) is 0 Å². The standard InChI is InChI=1S/C19H18N6/c1-23(2)19-21-18(17-20-13-14-24(17)22-19)25(15-9-5-3-6-10-15)16-11-7-4-8-12-16/h3-14H,1-2H3. The van der Waals surface area contributed by atoms with E-state index in [1.54, 1.807) is 10.7 Å². The minimum absolute atomic E-state index is 0.623. The van der Waals surface area contributed by atoms with Gasteiger partial charge < -0.3 is 4.90 Å². The number of aromatic nitrogens is 4. The average Bonchev–Trinajstić information content (AvgIpc) is 3.12. The SMILES string of the molecule is CN(C)c1nc(N(c2ccccc2)c2ccccc2)c2nccn2n1. The normalized spacial score (nSPS) is 10.8. The maximum absolute atomic E-state index is 4.78. The van der Waals surface area contributed by atoms with Gasteiger partial charge in [-0.15, -0.1) is 5.10 Å². The van der Waals surface area contributed by atoms with Gasteiger partial charge in [-0.3, -0.25) is 4.90 Å². The quantitative estimate of drug-likeness (QED) is 0.571. The predicted molar refractivity (Wildman–Crippen MR) is 99.8 cm³/mol. The molecular formula is C19H18N6. The van der Waals surface area contributed by atoms with Gasteiger partial charge in [0, 0.05) is 37.9 Å². The number of nitrogens with zero attached hydrogens (tertiary/aromatic N) is 6. The maximum atomic E-state index is 4.78. The third kappa shape index (κ3) is 2.78. The fourth-order valence-corrected chi connectivity index (χ4v) is 2.69. The van der Waals surface area contributed by atoms with Crippen molar-refractivity contribution >= 4 is 28.8 Å². The van der Waals surface area contributed by atoms with Crippen molar-refractivity contribution in [3.63, 3.8) is 0 Å². The Kier molecular flexibility index (Phi) is 3.78. The maximum Gasteiger partial charge on any atom is 0.245 e. The fraction of sp³-hybridized carbons (Fsp3) is 0.105. The second kappa shape index (κ2) is 6.24. The Hall–Kier alpha value is -3.41. The summed E-state index contributed by atoms with van der Waals surface area (Å²) in [4.78, 5) is 13.2. The molecule has 2 heterocycles. The molecule has 0 N–H and O–H groups in total. The van der Waals surface area contributed by atoms with E-state index in [2.05, 4.69) is 39.2 Å². The van der Waals surface area contributed by atoms with Crippen molar-refractivity contribution in [3.05, 3.63) is 73.1 Å². The fourth-order valence-electron chi connectivity index (χ4n) is 2.69. The first-order valence-electron chi connectivity index (χ1n) is 8.03. The van der Waals surface area contributed by atoms with Crippen LogP contribution in [-0.4, -0.2) is 33.7 Å². The lowest BCUT2D eigenvalue weighted by molar-refractivity contribution is 0.857. The number of hydrogen-bond donors (Lipinski definition) is 0. The molecular weight excluding hydrogens is 312 g/mol. The summed E-state index contributed by atoms with van der Waals surface area (Å²) in [6.07, 6.45) is 3.57. The van der Waals surface area contributed by atoms with Crippen molar-refractivity contribution in [3.8, 4) is 0 Å². The zero-order valence-electron chi connectivity index (χ0n) is 14.1. The smallest absolute Gasteiger partial charge is 0.245 e. The molecule has 0 bridgehead atoms. The second-order valence-electron chi connectivity index (χ2n) is 5.83. The van der Waals surface area contributed by atoms with E-state index in [9.17, 15) is 0 Å². The number of fused-ring (bicyclic) bond motifs is 1. The number of hydrogen-bond acceptors (Lipinski definition) is 5. The highest BCUT2D eigenvalue weighted by molar-refractivity contribution is 5.82. The van der Waals surface area contributed by atoms with Gasteiger partial charge >= 0.3 is 0 Å². The Morgan fingerprint density at radius 3 is 2.00 bits per heavy atom. The summed E-state index contributed by atoms with van der Waals surface area (Å²) >= 11 is 0. The van der Waals surface area contributed by atoms with E-state index in [0.717, 1.165) is 17.2 Å². The minimum Gasteiger partial charge on any atom is -0.346 e. The lowest BCUT2D eigenvalue weighted by Crippen LogP contribution is -2.19. The molecule has 2 aromatic carbocycles. The molecule has 0 saturated heterocycles. The van der Waals surface area contributed by atoms with Crippen LogP contribution in [0.25, 0.3) is 5.65 Å². The molecule has 0 atom stereocenters. The molecule has 0 fully saturated rings. The highest BCUT2D eigenvalue weighted by Gasteiger charge is 2.20. The third-order valence-corrected chi connectivity index (χ3v) is 3.87. The van der Waals surface area contributed by atoms with Gasteiger partial charge in [-0.25, -0.2) is 9.50 Å². The van der Waals surface area contributed by atoms with Crippen LogP contribution in [0.5, 0.6) is 0 Å². The summed E-state index contributed by atoms with van der Waals surface area (Å²) in [7, 11) is 3.86. The minimum atomic E-state index is 0.623. The molecule has 124 valence electrons. The number of para-hydroxylation sites is 2. The van der Waals surface area contributed by atoms with E-state index in [4.69, 9.17) is 4.98 Å². The number of anilines is 4. The van der Waals surface area contributed by atoms with Crippen molar-refractivity contribution in [1.82, 2.24) is 19.6 Å². The van der Waals surface area contributed by atoms with Gasteiger partial charge in [0.15, 0.2) is 11.5 Å². The lowest BCUT2D eigenvalue weighted by atomic mass is 10.2. The summed E-state index contributed by atoms with van der Waals surface area (Å²) in [6, 6.07) is 20.3. The van der Waals surface area contributed by atoms with Crippen LogP contribution in [0.1, 0.15) is 0 Å². The molecule has 6 heteroatoms. The third-order valence-electron chi connectivity index (χ3n) is 3.87. The van der Waals surface area contributed by atoms with Gasteiger partial charge in [-0.2, -0.15) is 4.98 Å². The second-order valence-corrected chi connectivity index (χ2v) is 5.83. The first-order valence-corrected chi connectivity index (χ1v) is 8.03. The van der Waals surface area contributed by atoms with Gasteiger partial charge in [0.25, 0.3) is 0 Å². The van der Waals surface area contributed by atoms with Crippen molar-refractivity contribution in [2.45, 2.75) is 0 Å². The molecule has 4 rings (SSSR count). The predicted octanol–water partition coefficient (Wildman–Crippen LogP) is 3.66. The number of benzene rings is 2. The molecule has 0 aliphatic rings. The monoisotopic (exact) mass is 330 g/mol. The Balaban J connectivity index is 2.00. The highest BCUT2D eigenvalue weighted by atomic mass is 15.4. The van der Waals surface area contributed by atoms with Crippen LogP contribution in [0.15, 0.2) is 73.1 Å². The molecule has 0 saturated carbocycles. The topological polar surface area (TPSA) is 49.6 Å². The zero-order chi connectivity index (χ0) is 17.2. The largest absolute Gasteiger partial charge is 0.346 e. The Bertz CT molecular complexity index is 939. The van der Waals surface area contributed by atoms with Crippen LogP contribution in [0.2, 0.25) is 0 Å². The van der Waals surface area contributed by atoms with Gasteiger partial charge in [0.1, 0.15) is 0 Å². The van der Waals surface area contributed by atoms with Crippen molar-refractivity contribution < 1.29 is 0 Å². The molecule has 2 aromatic heterocycles. The van der Waals surface area contributed by atoms with E-state index in [0.29, 0.717) is 11.6 Å². The Morgan fingerprint density at radius 1 is 0.840 bits per heavy atom. The van der Waals surface area contributed by atoms with E-state index < -0.39 is 0 Å². The average molecular weight is 330 g/mol. The Morgan fingerprint density at radius 2 is 1.44 bits per heavy atom. The highest BCUT2D eigenvalue weighted by Crippen LogP contribution is 2.35. The lowest BCUT2D eigenvalue weighted by Gasteiger charge is -2.25. The summed E-state index contributed by atoms with van der Waals surface area (Å²) < 4.78 is 1.76. The van der Waals surface area contributed by atoms with E-state index in [1.165, 1.54) is 0 Å². The van der Waals surface area contributed by atoms with E-state index in [1.807, 2.05) is 61.6 Å². The first kappa shape index (κ1) is 15.1. The van der Waals surface area contributed by atoms with Crippen LogP contribution < -0.4 is 9.80 Å². The molecule has 0 aliphatic carbocycles. The van der Waals surface area contributed by atoms with Crippen LogP contribution >= 0.6 is 0 Å². The number of rotatable bonds is 4. The molecule has 0 radical (unpaired) electrons. The van der Waals surface area contributed by atoms with Crippen molar-refractivity contribution in [2.75, 3.05) is 23.9 Å². The number of imidazole rings is 1. The van der Waals surface area contributed by atoms with E-state index >= 15 is 0 Å². The van der Waals surface area contributed by atoms with Crippen LogP contribution in [0, 0.1) is 0 Å². The van der Waals surface area contributed by atoms with Gasteiger partial charge in [-0.1, -0.05) is 36.4 Å². The Labute approximate surface area is 146 Å². The zero-order valence-corrected chi connectivity index (χ0v) is 14.1. The van der Waals surface area contributed by atoms with Gasteiger partial charge in [-0.05, 0) is 24.3 Å². The van der Waals surface area contributed by atoms with Gasteiger partial charge in [0.2, 0.25) is 5.95 Å². The van der Waals surface area contributed by atoms with Crippen LogP contribution in [0.4, 0.5) is 23.1 Å².